The van der Waals surface area contributed by atoms with E-state index in [1.54, 1.807) is 6.07 Å². The van der Waals surface area contributed by atoms with Crippen molar-refractivity contribution in [2.75, 3.05) is 19.6 Å². The van der Waals surface area contributed by atoms with Crippen LogP contribution < -0.4 is 15.1 Å². The highest BCUT2D eigenvalue weighted by atomic mass is 28.4. The molecule has 6 heteroatoms. The number of pyridine rings is 1. The van der Waals surface area contributed by atoms with Gasteiger partial charge in [0.05, 0.1) is 11.1 Å². The number of carbonyl (C=O) groups excluding carboxylic acids is 1. The number of likely N-dealkylation sites (N-methyl/N-ethyl adjacent to an activating group) is 1. The number of fused-ring (bicyclic) bond motifs is 1. The molecule has 2 N–H and O–H groups in total. The zero-order valence-electron chi connectivity index (χ0n) is 14.3. The smallest absolute Gasteiger partial charge is 0.252 e. The average molecular weight is 331 g/mol. The largest absolute Gasteiger partial charge is 0.531 e. The first-order valence-corrected chi connectivity index (χ1v) is 11.4. The van der Waals surface area contributed by atoms with Crippen LogP contribution in [0.5, 0.6) is 5.88 Å². The molecule has 2 rings (SSSR count). The molecule has 0 radical (unpaired) electrons. The summed E-state index contributed by atoms with van der Waals surface area (Å²) in [5, 5.41) is 6.97. The molecule has 0 atom stereocenters. The predicted octanol–water partition coefficient (Wildman–Crippen LogP) is 2.79. The minimum Gasteiger partial charge on any atom is -0.531 e. The lowest BCUT2D eigenvalue weighted by Crippen LogP contribution is -2.32. The maximum absolute atomic E-state index is 12.5. The molecule has 0 aliphatic carbocycles. The van der Waals surface area contributed by atoms with Gasteiger partial charge in [0.15, 0.2) is 0 Å². The quantitative estimate of drug-likeness (QED) is 0.605. The number of hydrogen-bond donors (Lipinski definition) is 2. The molecule has 1 aromatic heterocycles. The Kier molecular flexibility index (Phi) is 5.73. The summed E-state index contributed by atoms with van der Waals surface area (Å²) in [4.78, 5) is 17.1. The maximum Gasteiger partial charge on any atom is 0.252 e. The second-order valence-electron chi connectivity index (χ2n) is 6.35. The van der Waals surface area contributed by atoms with Crippen LogP contribution in [0.15, 0.2) is 30.3 Å². The monoisotopic (exact) mass is 331 g/mol. The van der Waals surface area contributed by atoms with Crippen LogP contribution >= 0.6 is 0 Å². The van der Waals surface area contributed by atoms with E-state index in [1.807, 2.05) is 31.2 Å². The summed E-state index contributed by atoms with van der Waals surface area (Å²) < 4.78 is 5.98. The van der Waals surface area contributed by atoms with Gasteiger partial charge in [0.1, 0.15) is 0 Å². The number of para-hydroxylation sites is 1. The number of carbonyl (C=O) groups is 1. The van der Waals surface area contributed by atoms with Gasteiger partial charge in [0.25, 0.3) is 5.91 Å². The number of amides is 1. The number of benzene rings is 1. The van der Waals surface area contributed by atoms with E-state index in [1.165, 1.54) is 0 Å². The van der Waals surface area contributed by atoms with Gasteiger partial charge >= 0.3 is 0 Å². The molecule has 1 amide bonds. The third-order valence-corrected chi connectivity index (χ3v) is 4.01. The van der Waals surface area contributed by atoms with Gasteiger partial charge in [-0.3, -0.25) is 4.79 Å². The summed E-state index contributed by atoms with van der Waals surface area (Å²) in [5.41, 5.74) is 1.39. The fourth-order valence-corrected chi connectivity index (χ4v) is 2.97. The summed E-state index contributed by atoms with van der Waals surface area (Å²) in [6, 6.07) is 9.41. The molecule has 0 saturated heterocycles. The Labute approximate surface area is 138 Å². The zero-order chi connectivity index (χ0) is 16.9. The minimum absolute atomic E-state index is 0.0954. The average Bonchev–Trinajstić information content (AvgIpc) is 2.49. The molecule has 23 heavy (non-hydrogen) atoms. The number of aromatic nitrogens is 1. The highest BCUT2D eigenvalue weighted by Gasteiger charge is 2.19. The van der Waals surface area contributed by atoms with Crippen molar-refractivity contribution in [3.63, 3.8) is 0 Å². The van der Waals surface area contributed by atoms with Crippen LogP contribution in [0.25, 0.3) is 10.9 Å². The molecule has 5 nitrogen and oxygen atoms in total. The third kappa shape index (κ3) is 5.04. The normalized spacial score (nSPS) is 11.5. The highest BCUT2D eigenvalue weighted by molar-refractivity contribution is 6.70. The standard InChI is InChI=1S/C17H25N3O2Si/c1-5-18-10-11-19-17(21)14-12-16(22-23(2,3)4)20-15-9-7-6-8-13(14)15/h6-9,12,18H,5,10-11H2,1-4H3,(H,19,21). The van der Waals surface area contributed by atoms with Crippen LogP contribution in [0.3, 0.4) is 0 Å². The molecular formula is C17H25N3O2Si. The lowest BCUT2D eigenvalue weighted by molar-refractivity contribution is 0.0955. The minimum atomic E-state index is -1.78. The molecule has 0 spiro atoms. The van der Waals surface area contributed by atoms with Crippen molar-refractivity contribution in [1.29, 1.82) is 0 Å². The van der Waals surface area contributed by atoms with E-state index in [4.69, 9.17) is 4.43 Å². The van der Waals surface area contributed by atoms with Crippen molar-refractivity contribution in [2.24, 2.45) is 0 Å². The maximum atomic E-state index is 12.5. The van der Waals surface area contributed by atoms with Crippen molar-refractivity contribution in [3.8, 4) is 5.88 Å². The fraction of sp³-hybridized carbons (Fsp3) is 0.412. The van der Waals surface area contributed by atoms with Crippen LogP contribution in [0.2, 0.25) is 19.6 Å². The molecule has 1 aromatic carbocycles. The second kappa shape index (κ2) is 7.57. The highest BCUT2D eigenvalue weighted by Crippen LogP contribution is 2.23. The number of nitrogens with one attached hydrogen (secondary N) is 2. The van der Waals surface area contributed by atoms with E-state index in [-0.39, 0.29) is 5.91 Å². The number of hydrogen-bond acceptors (Lipinski definition) is 4. The first-order valence-electron chi connectivity index (χ1n) is 7.98. The van der Waals surface area contributed by atoms with Crippen molar-refractivity contribution < 1.29 is 9.22 Å². The summed E-state index contributed by atoms with van der Waals surface area (Å²) in [5.74, 6) is 0.432. The van der Waals surface area contributed by atoms with Crippen molar-refractivity contribution in [2.45, 2.75) is 26.6 Å². The molecule has 124 valence electrons. The summed E-state index contributed by atoms with van der Waals surface area (Å²) in [6.45, 7) is 10.6. The predicted molar refractivity (Wildman–Crippen MR) is 96.6 cm³/mol. The molecule has 2 aromatic rings. The summed E-state index contributed by atoms with van der Waals surface area (Å²) >= 11 is 0. The molecule has 0 bridgehead atoms. The Morgan fingerprint density at radius 1 is 1.22 bits per heavy atom. The van der Waals surface area contributed by atoms with Gasteiger partial charge in [0.2, 0.25) is 14.2 Å². The van der Waals surface area contributed by atoms with Gasteiger partial charge in [-0.1, -0.05) is 25.1 Å². The van der Waals surface area contributed by atoms with Gasteiger partial charge < -0.3 is 15.1 Å². The molecule has 0 aliphatic rings. The zero-order valence-corrected chi connectivity index (χ0v) is 15.3. The molecular weight excluding hydrogens is 306 g/mol. The van der Waals surface area contributed by atoms with Crippen molar-refractivity contribution in [1.82, 2.24) is 15.6 Å². The molecule has 1 heterocycles. The van der Waals surface area contributed by atoms with E-state index in [9.17, 15) is 4.79 Å². The summed E-state index contributed by atoms with van der Waals surface area (Å²) in [6.07, 6.45) is 0. The van der Waals surface area contributed by atoms with Gasteiger partial charge in [-0.15, -0.1) is 0 Å². The van der Waals surface area contributed by atoms with Gasteiger partial charge in [-0.2, -0.15) is 0 Å². The van der Waals surface area contributed by atoms with E-state index >= 15 is 0 Å². The molecule has 0 unspecified atom stereocenters. The third-order valence-electron chi connectivity index (χ3n) is 3.19. The van der Waals surface area contributed by atoms with Crippen LogP contribution in [-0.2, 0) is 0 Å². The van der Waals surface area contributed by atoms with Crippen molar-refractivity contribution >= 4 is 25.1 Å². The molecule has 0 aliphatic heterocycles. The van der Waals surface area contributed by atoms with E-state index in [0.29, 0.717) is 18.0 Å². The van der Waals surface area contributed by atoms with Gasteiger partial charge in [-0.05, 0) is 32.3 Å². The van der Waals surface area contributed by atoms with Gasteiger partial charge in [0, 0.05) is 24.5 Å². The lowest BCUT2D eigenvalue weighted by Gasteiger charge is -2.19. The first-order chi connectivity index (χ1) is 10.9. The van der Waals surface area contributed by atoms with Crippen LogP contribution in [0.4, 0.5) is 0 Å². The molecule has 0 fully saturated rings. The number of rotatable bonds is 7. The lowest BCUT2D eigenvalue weighted by atomic mass is 10.1. The SMILES string of the molecule is CCNCCNC(=O)c1cc(O[Si](C)(C)C)nc2ccccc12. The Bertz CT molecular complexity index is 683. The summed E-state index contributed by atoms with van der Waals surface area (Å²) in [7, 11) is -1.78. The Balaban J connectivity index is 2.30. The Morgan fingerprint density at radius 2 is 1.96 bits per heavy atom. The van der Waals surface area contributed by atoms with Crippen molar-refractivity contribution in [3.05, 3.63) is 35.9 Å². The van der Waals surface area contributed by atoms with Crippen LogP contribution in [0.1, 0.15) is 17.3 Å². The number of nitrogens with zero attached hydrogens (tertiary/aromatic N) is 1. The van der Waals surface area contributed by atoms with Crippen LogP contribution in [0, 0.1) is 0 Å². The Morgan fingerprint density at radius 3 is 2.65 bits per heavy atom. The second-order valence-corrected chi connectivity index (χ2v) is 10.8. The fourth-order valence-electron chi connectivity index (χ4n) is 2.24. The van der Waals surface area contributed by atoms with Gasteiger partial charge in [-0.25, -0.2) is 4.98 Å². The van der Waals surface area contributed by atoms with E-state index in [0.717, 1.165) is 24.0 Å². The van der Waals surface area contributed by atoms with E-state index in [2.05, 4.69) is 35.3 Å². The van der Waals surface area contributed by atoms with Crippen LogP contribution in [-0.4, -0.2) is 38.8 Å². The first kappa shape index (κ1) is 17.4. The van der Waals surface area contributed by atoms with E-state index < -0.39 is 8.32 Å². The Hall–Kier alpha value is -1.92. The topological polar surface area (TPSA) is 63.2 Å². The molecule has 0 saturated carbocycles.